The summed E-state index contributed by atoms with van der Waals surface area (Å²) in [7, 11) is 0. The van der Waals surface area contributed by atoms with Crippen LogP contribution >= 0.6 is 34.2 Å². The normalized spacial score (nSPS) is 16.2. The van der Waals surface area contributed by atoms with Crippen LogP contribution in [0.2, 0.25) is 5.02 Å². The topological polar surface area (TPSA) is 49.4 Å². The Morgan fingerprint density at radius 2 is 1.75 bits per heavy atom. The van der Waals surface area contributed by atoms with Crippen molar-refractivity contribution in [2.24, 2.45) is 0 Å². The highest BCUT2D eigenvalue weighted by molar-refractivity contribution is 14.1. The first-order valence-electron chi connectivity index (χ1n) is 7.10. The minimum Gasteiger partial charge on any atom is -0.267 e. The smallest absolute Gasteiger partial charge is 0.267 e. The zero-order chi connectivity index (χ0) is 17.1. The van der Waals surface area contributed by atoms with Gasteiger partial charge in [0.15, 0.2) is 0 Å². The second-order valence-electron chi connectivity index (χ2n) is 5.02. The van der Waals surface area contributed by atoms with E-state index >= 15 is 0 Å². The van der Waals surface area contributed by atoms with E-state index in [4.69, 9.17) is 11.6 Å². The van der Waals surface area contributed by atoms with Crippen molar-refractivity contribution in [3.63, 3.8) is 0 Å². The number of carbonyl (C=O) groups excluding carboxylic acids is 2. The predicted molar refractivity (Wildman–Crippen MR) is 103 cm³/mol. The van der Waals surface area contributed by atoms with E-state index in [2.05, 4.69) is 28.0 Å². The molecular weight excluding hydrogens is 439 g/mol. The fourth-order valence-corrected chi connectivity index (χ4v) is 2.77. The van der Waals surface area contributed by atoms with E-state index in [1.54, 1.807) is 30.4 Å². The van der Waals surface area contributed by atoms with Gasteiger partial charge in [0.25, 0.3) is 11.8 Å². The van der Waals surface area contributed by atoms with Crippen LogP contribution in [-0.4, -0.2) is 11.8 Å². The predicted octanol–water partition coefficient (Wildman–Crippen LogP) is 3.96. The SMILES string of the molecule is O=C1NN(c2ccc(I)cc2)C(=O)/C1=C/C=C/c1ccccc1Cl. The van der Waals surface area contributed by atoms with Gasteiger partial charge in [0, 0.05) is 8.59 Å². The van der Waals surface area contributed by atoms with E-state index in [0.717, 1.165) is 9.13 Å². The van der Waals surface area contributed by atoms with Crippen molar-refractivity contribution in [3.8, 4) is 0 Å². The molecule has 6 heteroatoms. The molecule has 4 nitrogen and oxygen atoms in total. The maximum atomic E-state index is 12.4. The van der Waals surface area contributed by atoms with Crippen LogP contribution in [0.3, 0.4) is 0 Å². The molecule has 0 aromatic heterocycles. The second-order valence-corrected chi connectivity index (χ2v) is 6.67. The molecule has 3 rings (SSSR count). The van der Waals surface area contributed by atoms with Crippen molar-refractivity contribution < 1.29 is 9.59 Å². The Kier molecular flexibility index (Phi) is 5.01. The van der Waals surface area contributed by atoms with E-state index < -0.39 is 5.91 Å². The van der Waals surface area contributed by atoms with E-state index in [-0.39, 0.29) is 11.5 Å². The van der Waals surface area contributed by atoms with E-state index in [9.17, 15) is 9.59 Å². The number of rotatable bonds is 3. The molecule has 0 saturated carbocycles. The fraction of sp³-hybridized carbons (Fsp3) is 0. The molecule has 2 aromatic rings. The molecule has 1 aliphatic rings. The van der Waals surface area contributed by atoms with Crippen molar-refractivity contribution in [2.45, 2.75) is 0 Å². The van der Waals surface area contributed by atoms with Gasteiger partial charge in [-0.05, 0) is 64.6 Å². The molecule has 0 bridgehead atoms. The first-order valence-corrected chi connectivity index (χ1v) is 8.56. The van der Waals surface area contributed by atoms with Crippen LogP contribution in [0.1, 0.15) is 5.56 Å². The molecule has 120 valence electrons. The molecule has 0 radical (unpaired) electrons. The monoisotopic (exact) mass is 450 g/mol. The zero-order valence-corrected chi connectivity index (χ0v) is 15.3. The third kappa shape index (κ3) is 3.52. The van der Waals surface area contributed by atoms with Crippen LogP contribution in [0.25, 0.3) is 6.08 Å². The van der Waals surface area contributed by atoms with Crippen molar-refractivity contribution in [1.29, 1.82) is 0 Å². The van der Waals surface area contributed by atoms with Crippen molar-refractivity contribution >= 4 is 57.8 Å². The van der Waals surface area contributed by atoms with Gasteiger partial charge in [0.1, 0.15) is 5.57 Å². The number of allylic oxidation sites excluding steroid dienone is 2. The highest BCUT2D eigenvalue weighted by Gasteiger charge is 2.33. The van der Waals surface area contributed by atoms with Crippen LogP contribution in [0.5, 0.6) is 0 Å². The molecule has 1 fully saturated rings. The lowest BCUT2D eigenvalue weighted by molar-refractivity contribution is -0.117. The van der Waals surface area contributed by atoms with Crippen LogP contribution in [0, 0.1) is 3.57 Å². The zero-order valence-electron chi connectivity index (χ0n) is 12.4. The Morgan fingerprint density at radius 1 is 1.04 bits per heavy atom. The lowest BCUT2D eigenvalue weighted by Gasteiger charge is -2.14. The maximum Gasteiger partial charge on any atom is 0.282 e. The Hall–Kier alpha value is -2.12. The molecule has 2 amide bonds. The van der Waals surface area contributed by atoms with Gasteiger partial charge in [-0.15, -0.1) is 0 Å². The lowest BCUT2D eigenvalue weighted by Crippen LogP contribution is -2.35. The number of hydrogen-bond donors (Lipinski definition) is 1. The van der Waals surface area contributed by atoms with Gasteiger partial charge in [0.2, 0.25) is 0 Å². The summed E-state index contributed by atoms with van der Waals surface area (Å²) in [5, 5.41) is 1.85. The number of nitrogens with one attached hydrogen (secondary N) is 1. The van der Waals surface area contributed by atoms with E-state index in [1.807, 2.05) is 30.3 Å². The highest BCUT2D eigenvalue weighted by Crippen LogP contribution is 2.21. The Balaban J connectivity index is 1.81. The lowest BCUT2D eigenvalue weighted by atomic mass is 10.2. The van der Waals surface area contributed by atoms with Crippen molar-refractivity contribution in [1.82, 2.24) is 5.43 Å². The summed E-state index contributed by atoms with van der Waals surface area (Å²) in [4.78, 5) is 24.5. The number of anilines is 1. The van der Waals surface area contributed by atoms with Gasteiger partial charge in [-0.2, -0.15) is 0 Å². The van der Waals surface area contributed by atoms with Gasteiger partial charge in [-0.1, -0.05) is 42.0 Å². The molecule has 1 N–H and O–H groups in total. The van der Waals surface area contributed by atoms with E-state index in [0.29, 0.717) is 10.7 Å². The summed E-state index contributed by atoms with van der Waals surface area (Å²) in [6, 6.07) is 14.6. The quantitative estimate of drug-likeness (QED) is 0.437. The van der Waals surface area contributed by atoms with Crippen LogP contribution in [0.4, 0.5) is 5.69 Å². The number of hydrogen-bond acceptors (Lipinski definition) is 2. The first-order chi connectivity index (χ1) is 11.6. The van der Waals surface area contributed by atoms with Gasteiger partial charge in [0.05, 0.1) is 5.69 Å². The molecule has 0 aliphatic carbocycles. The molecule has 0 atom stereocenters. The third-order valence-corrected chi connectivity index (χ3v) is 4.48. The summed E-state index contributed by atoms with van der Waals surface area (Å²) in [6.45, 7) is 0. The first kappa shape index (κ1) is 16.7. The molecule has 1 heterocycles. The van der Waals surface area contributed by atoms with Crippen molar-refractivity contribution in [2.75, 3.05) is 5.01 Å². The van der Waals surface area contributed by atoms with Crippen LogP contribution in [-0.2, 0) is 9.59 Å². The van der Waals surface area contributed by atoms with Gasteiger partial charge in [-0.25, -0.2) is 5.01 Å². The van der Waals surface area contributed by atoms with E-state index in [1.165, 1.54) is 11.1 Å². The standard InChI is InChI=1S/C18H12ClIN2O2/c19-16-7-2-1-4-12(16)5-3-6-15-17(23)21-22(18(15)24)14-10-8-13(20)9-11-14/h1-11H,(H,21,23)/b5-3+,15-6+. The Morgan fingerprint density at radius 3 is 2.46 bits per heavy atom. The summed E-state index contributed by atoms with van der Waals surface area (Å²) in [5.41, 5.74) is 4.08. The van der Waals surface area contributed by atoms with Crippen molar-refractivity contribution in [3.05, 3.63) is 80.4 Å². The number of nitrogens with zero attached hydrogens (tertiary/aromatic N) is 1. The summed E-state index contributed by atoms with van der Waals surface area (Å²) >= 11 is 8.24. The highest BCUT2D eigenvalue weighted by atomic mass is 127. The molecule has 24 heavy (non-hydrogen) atoms. The van der Waals surface area contributed by atoms with Crippen LogP contribution in [0.15, 0.2) is 66.3 Å². The Bertz CT molecular complexity index is 860. The second kappa shape index (κ2) is 7.19. The number of amides is 2. The van der Waals surface area contributed by atoms with Crippen LogP contribution < -0.4 is 10.4 Å². The number of hydrazine groups is 1. The minimum absolute atomic E-state index is 0.0804. The number of carbonyl (C=O) groups is 2. The third-order valence-electron chi connectivity index (χ3n) is 3.42. The number of halogens is 2. The molecule has 0 spiro atoms. The maximum absolute atomic E-state index is 12.4. The van der Waals surface area contributed by atoms with Gasteiger partial charge >= 0.3 is 0 Å². The summed E-state index contributed by atoms with van der Waals surface area (Å²) in [5.74, 6) is -0.813. The average molecular weight is 451 g/mol. The molecule has 0 unspecified atom stereocenters. The summed E-state index contributed by atoms with van der Waals surface area (Å²) < 4.78 is 1.05. The molecule has 1 aliphatic heterocycles. The molecular formula is C18H12ClIN2O2. The molecule has 1 saturated heterocycles. The minimum atomic E-state index is -0.428. The largest absolute Gasteiger partial charge is 0.282 e. The summed E-state index contributed by atoms with van der Waals surface area (Å²) in [6.07, 6.45) is 4.89. The van der Waals surface area contributed by atoms with Gasteiger partial charge < -0.3 is 0 Å². The molecule has 2 aromatic carbocycles. The average Bonchev–Trinajstić information content (AvgIpc) is 2.85. The fourth-order valence-electron chi connectivity index (χ4n) is 2.21. The number of benzene rings is 2. The van der Waals surface area contributed by atoms with Gasteiger partial charge in [-0.3, -0.25) is 15.0 Å². The Labute approximate surface area is 157 Å².